The first-order valence-corrected chi connectivity index (χ1v) is 6.96. The van der Waals surface area contributed by atoms with Crippen LogP contribution in [0.4, 0.5) is 0 Å². The second kappa shape index (κ2) is 6.47. The van der Waals surface area contributed by atoms with Gasteiger partial charge in [-0.1, -0.05) is 30.3 Å². The zero-order valence-electron chi connectivity index (χ0n) is 9.47. The molecule has 1 heterocycles. The maximum absolute atomic E-state index is 11.6. The van der Waals surface area contributed by atoms with Crippen molar-refractivity contribution in [3.63, 3.8) is 0 Å². The van der Waals surface area contributed by atoms with Crippen LogP contribution < -0.4 is 5.43 Å². The van der Waals surface area contributed by atoms with Gasteiger partial charge in [-0.25, -0.2) is 5.43 Å². The van der Waals surface area contributed by atoms with E-state index in [0.717, 1.165) is 14.2 Å². The monoisotopic (exact) mass is 322 g/mol. The van der Waals surface area contributed by atoms with Crippen LogP contribution in [0.25, 0.3) is 0 Å². The number of carbonyl (C=O) groups excluding carboxylic acids is 1. The van der Waals surface area contributed by atoms with Gasteiger partial charge in [0, 0.05) is 4.88 Å². The Kier molecular flexibility index (Phi) is 4.66. The van der Waals surface area contributed by atoms with Crippen molar-refractivity contribution in [2.75, 3.05) is 0 Å². The number of nitrogens with one attached hydrogen (secondary N) is 1. The summed E-state index contributed by atoms with van der Waals surface area (Å²) in [4.78, 5) is 12.6. The summed E-state index contributed by atoms with van der Waals surface area (Å²) in [6.45, 7) is 0. The number of halogens is 1. The number of benzene rings is 1. The third-order valence-electron chi connectivity index (χ3n) is 2.18. The van der Waals surface area contributed by atoms with Gasteiger partial charge < -0.3 is 0 Å². The van der Waals surface area contributed by atoms with Crippen molar-refractivity contribution in [1.29, 1.82) is 0 Å². The van der Waals surface area contributed by atoms with Crippen LogP contribution in [0.5, 0.6) is 0 Å². The molecule has 0 bridgehead atoms. The summed E-state index contributed by atoms with van der Waals surface area (Å²) >= 11 is 4.93. The van der Waals surface area contributed by atoms with E-state index < -0.39 is 0 Å². The molecule has 0 saturated carbocycles. The number of hydrazone groups is 1. The van der Waals surface area contributed by atoms with Gasteiger partial charge in [0.2, 0.25) is 5.91 Å². The SMILES string of the molecule is O=C(Cc1ccccc1)NN=Cc1ccc(Br)s1. The Labute approximate surface area is 118 Å². The molecular formula is C13H11BrN2OS. The van der Waals surface area contributed by atoms with Gasteiger partial charge in [0.1, 0.15) is 0 Å². The van der Waals surface area contributed by atoms with Gasteiger partial charge >= 0.3 is 0 Å². The molecule has 0 aliphatic heterocycles. The normalized spacial score (nSPS) is 10.7. The summed E-state index contributed by atoms with van der Waals surface area (Å²) in [6, 6.07) is 13.5. The number of amides is 1. The van der Waals surface area contributed by atoms with E-state index in [1.165, 1.54) is 0 Å². The molecule has 2 rings (SSSR count). The lowest BCUT2D eigenvalue weighted by atomic mass is 10.1. The minimum Gasteiger partial charge on any atom is -0.273 e. The highest BCUT2D eigenvalue weighted by Gasteiger charge is 2.00. The Morgan fingerprint density at radius 3 is 2.72 bits per heavy atom. The van der Waals surface area contributed by atoms with Gasteiger partial charge in [-0.2, -0.15) is 5.10 Å². The minimum atomic E-state index is -0.118. The Bertz CT molecular complexity index is 551. The molecule has 0 spiro atoms. The molecule has 1 amide bonds. The van der Waals surface area contributed by atoms with Gasteiger partial charge in [0.25, 0.3) is 0 Å². The van der Waals surface area contributed by atoms with Crippen molar-refractivity contribution in [2.45, 2.75) is 6.42 Å². The van der Waals surface area contributed by atoms with Gasteiger partial charge in [0.05, 0.1) is 16.4 Å². The fourth-order valence-corrected chi connectivity index (χ4v) is 2.68. The second-order valence-electron chi connectivity index (χ2n) is 3.60. The standard InChI is InChI=1S/C13H11BrN2OS/c14-12-7-6-11(18-12)9-15-16-13(17)8-10-4-2-1-3-5-10/h1-7,9H,8H2,(H,16,17). The molecule has 1 N–H and O–H groups in total. The lowest BCUT2D eigenvalue weighted by Gasteiger charge is -1.99. The highest BCUT2D eigenvalue weighted by Crippen LogP contribution is 2.20. The minimum absolute atomic E-state index is 0.118. The van der Waals surface area contributed by atoms with E-state index in [0.29, 0.717) is 6.42 Å². The van der Waals surface area contributed by atoms with Crippen molar-refractivity contribution >= 4 is 39.4 Å². The van der Waals surface area contributed by atoms with Crippen molar-refractivity contribution in [1.82, 2.24) is 5.43 Å². The average Bonchev–Trinajstić information content (AvgIpc) is 2.76. The molecule has 18 heavy (non-hydrogen) atoms. The Morgan fingerprint density at radius 1 is 1.28 bits per heavy atom. The van der Waals surface area contributed by atoms with Crippen LogP contribution in [-0.2, 0) is 11.2 Å². The van der Waals surface area contributed by atoms with Crippen LogP contribution in [-0.4, -0.2) is 12.1 Å². The van der Waals surface area contributed by atoms with Gasteiger partial charge in [0.15, 0.2) is 0 Å². The molecular weight excluding hydrogens is 312 g/mol. The first kappa shape index (κ1) is 13.0. The molecule has 0 unspecified atom stereocenters. The summed E-state index contributed by atoms with van der Waals surface area (Å²) < 4.78 is 1.04. The Hall–Kier alpha value is -1.46. The fourth-order valence-electron chi connectivity index (χ4n) is 1.39. The van der Waals surface area contributed by atoms with E-state index in [2.05, 4.69) is 26.5 Å². The average molecular weight is 323 g/mol. The molecule has 0 aliphatic carbocycles. The zero-order chi connectivity index (χ0) is 12.8. The Morgan fingerprint density at radius 2 is 2.06 bits per heavy atom. The molecule has 1 aromatic carbocycles. The summed E-state index contributed by atoms with van der Waals surface area (Å²) in [7, 11) is 0. The van der Waals surface area contributed by atoms with Gasteiger partial charge in [-0.3, -0.25) is 4.79 Å². The number of hydrogen-bond acceptors (Lipinski definition) is 3. The predicted molar refractivity (Wildman–Crippen MR) is 77.9 cm³/mol. The molecule has 0 saturated heterocycles. The van der Waals surface area contributed by atoms with Gasteiger partial charge in [-0.15, -0.1) is 11.3 Å². The molecule has 92 valence electrons. The van der Waals surface area contributed by atoms with Crippen LogP contribution in [0.3, 0.4) is 0 Å². The van der Waals surface area contributed by atoms with Crippen molar-refractivity contribution < 1.29 is 4.79 Å². The summed E-state index contributed by atoms with van der Waals surface area (Å²) in [5.41, 5.74) is 3.49. The smallest absolute Gasteiger partial charge is 0.244 e. The summed E-state index contributed by atoms with van der Waals surface area (Å²) in [6.07, 6.45) is 1.98. The maximum Gasteiger partial charge on any atom is 0.244 e. The topological polar surface area (TPSA) is 41.5 Å². The van der Waals surface area contributed by atoms with Crippen LogP contribution in [0.2, 0.25) is 0 Å². The van der Waals surface area contributed by atoms with E-state index in [9.17, 15) is 4.79 Å². The van der Waals surface area contributed by atoms with Gasteiger partial charge in [-0.05, 0) is 33.6 Å². The zero-order valence-corrected chi connectivity index (χ0v) is 11.9. The lowest BCUT2D eigenvalue weighted by Crippen LogP contribution is -2.19. The molecule has 0 atom stereocenters. The quantitative estimate of drug-likeness (QED) is 0.681. The van der Waals surface area contributed by atoms with Crippen LogP contribution in [0, 0.1) is 0 Å². The molecule has 5 heteroatoms. The second-order valence-corrected chi connectivity index (χ2v) is 6.09. The highest BCUT2D eigenvalue weighted by molar-refractivity contribution is 9.11. The van der Waals surface area contributed by atoms with E-state index in [-0.39, 0.29) is 5.91 Å². The maximum atomic E-state index is 11.6. The van der Waals surface area contributed by atoms with E-state index >= 15 is 0 Å². The van der Waals surface area contributed by atoms with Crippen molar-refractivity contribution in [2.24, 2.45) is 5.10 Å². The first-order valence-electron chi connectivity index (χ1n) is 5.35. The number of hydrogen-bond donors (Lipinski definition) is 1. The predicted octanol–water partition coefficient (Wildman–Crippen LogP) is 3.20. The fraction of sp³-hybridized carbons (Fsp3) is 0.0769. The number of carbonyl (C=O) groups is 1. The van der Waals surface area contributed by atoms with Crippen LogP contribution >= 0.6 is 27.3 Å². The van der Waals surface area contributed by atoms with E-state index in [1.807, 2.05) is 42.5 Å². The highest BCUT2D eigenvalue weighted by atomic mass is 79.9. The van der Waals surface area contributed by atoms with Crippen molar-refractivity contribution in [3.05, 3.63) is 56.7 Å². The van der Waals surface area contributed by atoms with Crippen LogP contribution in [0.1, 0.15) is 10.4 Å². The molecule has 3 nitrogen and oxygen atoms in total. The molecule has 1 aromatic heterocycles. The van der Waals surface area contributed by atoms with Crippen molar-refractivity contribution in [3.8, 4) is 0 Å². The van der Waals surface area contributed by atoms with E-state index in [4.69, 9.17) is 0 Å². The molecule has 2 aromatic rings. The third-order valence-corrected chi connectivity index (χ3v) is 3.74. The molecule has 0 radical (unpaired) electrons. The third kappa shape index (κ3) is 4.09. The Balaban J connectivity index is 1.83. The molecule has 0 fully saturated rings. The molecule has 0 aliphatic rings. The van der Waals surface area contributed by atoms with Crippen LogP contribution in [0.15, 0.2) is 51.4 Å². The number of nitrogens with zero attached hydrogens (tertiary/aromatic N) is 1. The number of rotatable bonds is 4. The first-order chi connectivity index (χ1) is 8.74. The summed E-state index contributed by atoms with van der Waals surface area (Å²) in [5.74, 6) is -0.118. The number of thiophene rings is 1. The van der Waals surface area contributed by atoms with E-state index in [1.54, 1.807) is 17.6 Å². The largest absolute Gasteiger partial charge is 0.273 e. The lowest BCUT2D eigenvalue weighted by molar-refractivity contribution is -0.120. The summed E-state index contributed by atoms with van der Waals surface area (Å²) in [5, 5.41) is 3.92.